The number of hydrogen-bond acceptors (Lipinski definition) is 2. The van der Waals surface area contributed by atoms with E-state index in [1.807, 2.05) is 0 Å². The minimum absolute atomic E-state index is 0.567. The van der Waals surface area contributed by atoms with Gasteiger partial charge in [0.15, 0.2) is 0 Å². The molecule has 82 valence electrons. The highest BCUT2D eigenvalue weighted by Crippen LogP contribution is 2.25. The van der Waals surface area contributed by atoms with Gasteiger partial charge in [0.1, 0.15) is 0 Å². The van der Waals surface area contributed by atoms with Crippen LogP contribution >= 0.6 is 0 Å². The van der Waals surface area contributed by atoms with Gasteiger partial charge in [-0.25, -0.2) is 0 Å². The fourth-order valence-electron chi connectivity index (χ4n) is 2.28. The third-order valence-corrected chi connectivity index (χ3v) is 3.10. The molecule has 1 aliphatic rings. The first-order valence-corrected chi connectivity index (χ1v) is 5.63. The summed E-state index contributed by atoms with van der Waals surface area (Å²) in [5.74, 6) is 0. The van der Waals surface area contributed by atoms with Crippen LogP contribution in [0.1, 0.15) is 18.4 Å². The van der Waals surface area contributed by atoms with E-state index in [2.05, 4.69) is 36.1 Å². The molecule has 2 heteroatoms. The summed E-state index contributed by atoms with van der Waals surface area (Å²) >= 11 is 0. The molecule has 0 aliphatic carbocycles. The van der Waals surface area contributed by atoms with Crippen LogP contribution in [-0.2, 0) is 4.74 Å². The summed E-state index contributed by atoms with van der Waals surface area (Å²) in [5.41, 5.74) is 2.65. The molecule has 15 heavy (non-hydrogen) atoms. The molecule has 0 aromatic heterocycles. The SMILES string of the molecule is COC[C@H]1CCCN1c1ccc(C)cc1. The molecule has 0 amide bonds. The average Bonchev–Trinajstić information content (AvgIpc) is 2.68. The molecule has 0 unspecified atom stereocenters. The van der Waals surface area contributed by atoms with Crippen molar-refractivity contribution in [3.8, 4) is 0 Å². The van der Waals surface area contributed by atoms with Crippen molar-refractivity contribution >= 4 is 5.69 Å². The molecule has 1 aromatic carbocycles. The zero-order valence-electron chi connectivity index (χ0n) is 9.57. The number of nitrogens with zero attached hydrogens (tertiary/aromatic N) is 1. The van der Waals surface area contributed by atoms with Crippen LogP contribution in [0.3, 0.4) is 0 Å². The molecular formula is C13H19NO. The van der Waals surface area contributed by atoms with E-state index in [1.165, 1.54) is 24.1 Å². The normalized spacial score (nSPS) is 20.9. The first kappa shape index (κ1) is 10.5. The molecule has 1 heterocycles. The van der Waals surface area contributed by atoms with E-state index in [0.29, 0.717) is 6.04 Å². The van der Waals surface area contributed by atoms with Gasteiger partial charge in [0.25, 0.3) is 0 Å². The first-order chi connectivity index (χ1) is 7.31. The Balaban J connectivity index is 2.11. The molecular weight excluding hydrogens is 186 g/mol. The van der Waals surface area contributed by atoms with Crippen molar-refractivity contribution in [2.45, 2.75) is 25.8 Å². The second-order valence-corrected chi connectivity index (χ2v) is 4.28. The van der Waals surface area contributed by atoms with Crippen LogP contribution in [0.2, 0.25) is 0 Å². The zero-order valence-corrected chi connectivity index (χ0v) is 9.57. The summed E-state index contributed by atoms with van der Waals surface area (Å²) < 4.78 is 5.26. The van der Waals surface area contributed by atoms with E-state index in [4.69, 9.17) is 4.74 Å². The van der Waals surface area contributed by atoms with Crippen molar-refractivity contribution in [3.63, 3.8) is 0 Å². The maximum absolute atomic E-state index is 5.26. The van der Waals surface area contributed by atoms with Gasteiger partial charge in [-0.1, -0.05) is 17.7 Å². The van der Waals surface area contributed by atoms with Gasteiger partial charge in [-0.15, -0.1) is 0 Å². The Hall–Kier alpha value is -1.02. The van der Waals surface area contributed by atoms with Crippen LogP contribution in [0.4, 0.5) is 5.69 Å². The predicted octanol–water partition coefficient (Wildman–Crippen LogP) is 2.61. The Morgan fingerprint density at radius 2 is 2.07 bits per heavy atom. The van der Waals surface area contributed by atoms with Crippen molar-refractivity contribution < 1.29 is 4.74 Å². The van der Waals surface area contributed by atoms with E-state index < -0.39 is 0 Å². The van der Waals surface area contributed by atoms with Gasteiger partial charge in [0, 0.05) is 19.3 Å². The third-order valence-electron chi connectivity index (χ3n) is 3.10. The van der Waals surface area contributed by atoms with Crippen LogP contribution in [0.5, 0.6) is 0 Å². The van der Waals surface area contributed by atoms with E-state index >= 15 is 0 Å². The van der Waals surface area contributed by atoms with Gasteiger partial charge in [-0.2, -0.15) is 0 Å². The van der Waals surface area contributed by atoms with E-state index in [1.54, 1.807) is 7.11 Å². The lowest BCUT2D eigenvalue weighted by atomic mass is 10.2. The highest BCUT2D eigenvalue weighted by atomic mass is 16.5. The van der Waals surface area contributed by atoms with Crippen molar-refractivity contribution in [1.82, 2.24) is 0 Å². The van der Waals surface area contributed by atoms with Crippen LogP contribution in [-0.4, -0.2) is 26.3 Å². The van der Waals surface area contributed by atoms with E-state index in [-0.39, 0.29) is 0 Å². The van der Waals surface area contributed by atoms with Gasteiger partial charge < -0.3 is 9.64 Å². The van der Waals surface area contributed by atoms with Crippen LogP contribution < -0.4 is 4.90 Å². The highest BCUT2D eigenvalue weighted by Gasteiger charge is 2.24. The monoisotopic (exact) mass is 205 g/mol. The quantitative estimate of drug-likeness (QED) is 0.752. The number of aryl methyl sites for hydroxylation is 1. The minimum atomic E-state index is 0.567. The number of rotatable bonds is 3. The lowest BCUT2D eigenvalue weighted by Crippen LogP contribution is -2.32. The number of anilines is 1. The molecule has 0 N–H and O–H groups in total. The van der Waals surface area contributed by atoms with E-state index in [9.17, 15) is 0 Å². The lowest BCUT2D eigenvalue weighted by molar-refractivity contribution is 0.181. The minimum Gasteiger partial charge on any atom is -0.383 e. The molecule has 0 spiro atoms. The molecule has 1 atom stereocenters. The Bertz CT molecular complexity index is 307. The molecule has 1 aliphatic heterocycles. The van der Waals surface area contributed by atoms with Crippen LogP contribution in [0.15, 0.2) is 24.3 Å². The Morgan fingerprint density at radius 1 is 1.33 bits per heavy atom. The number of ether oxygens (including phenoxy) is 1. The fraction of sp³-hybridized carbons (Fsp3) is 0.538. The summed E-state index contributed by atoms with van der Waals surface area (Å²) in [5, 5.41) is 0. The standard InChI is InChI=1S/C13H19NO/c1-11-5-7-12(8-6-11)14-9-3-4-13(14)10-15-2/h5-8,13H,3-4,9-10H2,1-2H3/t13-/m1/s1. The second kappa shape index (κ2) is 4.67. The smallest absolute Gasteiger partial charge is 0.0666 e. The Kier molecular flexibility index (Phi) is 3.27. The van der Waals surface area contributed by atoms with E-state index in [0.717, 1.165) is 13.2 Å². The topological polar surface area (TPSA) is 12.5 Å². The third kappa shape index (κ3) is 2.32. The maximum atomic E-state index is 5.26. The lowest BCUT2D eigenvalue weighted by Gasteiger charge is -2.26. The van der Waals surface area contributed by atoms with Crippen LogP contribution in [0, 0.1) is 6.92 Å². The molecule has 2 rings (SSSR count). The molecule has 0 bridgehead atoms. The highest BCUT2D eigenvalue weighted by molar-refractivity contribution is 5.49. The molecule has 1 saturated heterocycles. The van der Waals surface area contributed by atoms with Crippen LogP contribution in [0.25, 0.3) is 0 Å². The molecule has 1 aromatic rings. The van der Waals surface area contributed by atoms with Crippen molar-refractivity contribution in [2.75, 3.05) is 25.2 Å². The summed E-state index contributed by atoms with van der Waals surface area (Å²) in [6.07, 6.45) is 2.53. The summed E-state index contributed by atoms with van der Waals surface area (Å²) in [6.45, 7) is 4.13. The molecule has 0 saturated carbocycles. The predicted molar refractivity (Wildman–Crippen MR) is 63.4 cm³/mol. The Labute approximate surface area is 91.9 Å². The van der Waals surface area contributed by atoms with Crippen molar-refractivity contribution in [2.24, 2.45) is 0 Å². The number of benzene rings is 1. The average molecular weight is 205 g/mol. The number of hydrogen-bond donors (Lipinski definition) is 0. The first-order valence-electron chi connectivity index (χ1n) is 5.63. The van der Waals surface area contributed by atoms with Crippen molar-refractivity contribution in [1.29, 1.82) is 0 Å². The fourth-order valence-corrected chi connectivity index (χ4v) is 2.28. The maximum Gasteiger partial charge on any atom is 0.0666 e. The summed E-state index contributed by atoms with van der Waals surface area (Å²) in [4.78, 5) is 2.46. The molecule has 1 fully saturated rings. The van der Waals surface area contributed by atoms with Crippen molar-refractivity contribution in [3.05, 3.63) is 29.8 Å². The van der Waals surface area contributed by atoms with Gasteiger partial charge in [0.2, 0.25) is 0 Å². The largest absolute Gasteiger partial charge is 0.383 e. The molecule has 0 radical (unpaired) electrons. The number of methoxy groups -OCH3 is 1. The Morgan fingerprint density at radius 3 is 2.73 bits per heavy atom. The summed E-state index contributed by atoms with van der Waals surface area (Å²) in [6, 6.07) is 9.35. The second-order valence-electron chi connectivity index (χ2n) is 4.28. The zero-order chi connectivity index (χ0) is 10.7. The van der Waals surface area contributed by atoms with Gasteiger partial charge in [-0.05, 0) is 31.9 Å². The summed E-state index contributed by atoms with van der Waals surface area (Å²) in [7, 11) is 1.78. The van der Waals surface area contributed by atoms with Gasteiger partial charge >= 0.3 is 0 Å². The van der Waals surface area contributed by atoms with Gasteiger partial charge in [0.05, 0.1) is 12.6 Å². The van der Waals surface area contributed by atoms with Gasteiger partial charge in [-0.3, -0.25) is 0 Å². The molecule has 2 nitrogen and oxygen atoms in total.